The fraction of sp³-hybridized carbons (Fsp3) is 0.364. The molecule has 0 aliphatic heterocycles. The minimum atomic E-state index is -0.833. The summed E-state index contributed by atoms with van der Waals surface area (Å²) in [7, 11) is 0. The predicted molar refractivity (Wildman–Crippen MR) is 67.2 cm³/mol. The molecule has 1 unspecified atom stereocenters. The maximum atomic E-state index is 9.02. The molecule has 0 radical (unpaired) electrons. The summed E-state index contributed by atoms with van der Waals surface area (Å²) in [5.41, 5.74) is 0. The standard InChI is InChI=1S/C9H11ClOS.C2H4O2/c1-7(11)6-12-9-4-2-8(10)3-5-9;1-2(3)4/h2-5,7,11H,6H2,1H3;1H3,(H,3,4). The van der Waals surface area contributed by atoms with E-state index in [2.05, 4.69) is 0 Å². The van der Waals surface area contributed by atoms with Crippen LogP contribution in [-0.2, 0) is 4.79 Å². The first-order valence-electron chi connectivity index (χ1n) is 4.67. The van der Waals surface area contributed by atoms with Crippen LogP contribution in [0.15, 0.2) is 29.2 Å². The van der Waals surface area contributed by atoms with Crippen molar-refractivity contribution in [1.29, 1.82) is 0 Å². The number of aliphatic hydroxyl groups excluding tert-OH is 1. The lowest BCUT2D eigenvalue weighted by molar-refractivity contribution is -0.134. The molecule has 0 spiro atoms. The highest BCUT2D eigenvalue weighted by Crippen LogP contribution is 2.20. The zero-order valence-electron chi connectivity index (χ0n) is 9.18. The topological polar surface area (TPSA) is 57.5 Å². The van der Waals surface area contributed by atoms with E-state index in [4.69, 9.17) is 26.6 Å². The molecule has 1 rings (SSSR count). The number of halogens is 1. The molecule has 0 fully saturated rings. The third-order valence-electron chi connectivity index (χ3n) is 1.30. The molecule has 0 aromatic heterocycles. The van der Waals surface area contributed by atoms with Crippen LogP contribution in [0.1, 0.15) is 13.8 Å². The fourth-order valence-corrected chi connectivity index (χ4v) is 1.64. The number of thioether (sulfide) groups is 1. The number of rotatable bonds is 3. The van der Waals surface area contributed by atoms with Crippen molar-refractivity contribution in [2.24, 2.45) is 0 Å². The second-order valence-electron chi connectivity index (χ2n) is 3.13. The van der Waals surface area contributed by atoms with E-state index in [0.717, 1.165) is 22.6 Å². The molecular formula is C11H15ClO3S. The molecule has 3 nitrogen and oxygen atoms in total. The van der Waals surface area contributed by atoms with Crippen LogP contribution in [0.25, 0.3) is 0 Å². The number of carboxylic acid groups (broad SMARTS) is 1. The second kappa shape index (κ2) is 8.44. The number of aliphatic carboxylic acids is 1. The van der Waals surface area contributed by atoms with E-state index in [1.54, 1.807) is 18.7 Å². The first-order valence-corrected chi connectivity index (χ1v) is 6.04. The molecular weight excluding hydrogens is 248 g/mol. The summed E-state index contributed by atoms with van der Waals surface area (Å²) in [5.74, 6) is -0.109. The van der Waals surface area contributed by atoms with Crippen molar-refractivity contribution in [2.45, 2.75) is 24.8 Å². The molecule has 1 atom stereocenters. The van der Waals surface area contributed by atoms with Gasteiger partial charge >= 0.3 is 0 Å². The first kappa shape index (κ1) is 15.3. The smallest absolute Gasteiger partial charge is 0.300 e. The van der Waals surface area contributed by atoms with Gasteiger partial charge in [0, 0.05) is 22.6 Å². The van der Waals surface area contributed by atoms with E-state index in [9.17, 15) is 0 Å². The summed E-state index contributed by atoms with van der Waals surface area (Å²) < 4.78 is 0. The molecule has 1 aromatic rings. The Kier molecular flexibility index (Phi) is 8.07. The molecule has 5 heteroatoms. The van der Waals surface area contributed by atoms with Crippen LogP contribution in [0, 0.1) is 0 Å². The Labute approximate surface area is 104 Å². The van der Waals surface area contributed by atoms with Crippen LogP contribution in [0.3, 0.4) is 0 Å². The monoisotopic (exact) mass is 262 g/mol. The highest BCUT2D eigenvalue weighted by atomic mass is 35.5. The fourth-order valence-electron chi connectivity index (χ4n) is 0.748. The molecule has 2 N–H and O–H groups in total. The van der Waals surface area contributed by atoms with Crippen LogP contribution in [0.2, 0.25) is 5.02 Å². The largest absolute Gasteiger partial charge is 0.481 e. The summed E-state index contributed by atoms with van der Waals surface area (Å²) in [5, 5.41) is 17.2. The van der Waals surface area contributed by atoms with E-state index in [0.29, 0.717) is 0 Å². The van der Waals surface area contributed by atoms with E-state index in [1.165, 1.54) is 0 Å². The normalized spacial score (nSPS) is 11.2. The van der Waals surface area contributed by atoms with Crippen molar-refractivity contribution in [2.75, 3.05) is 5.75 Å². The van der Waals surface area contributed by atoms with Gasteiger partial charge in [-0.2, -0.15) is 0 Å². The van der Waals surface area contributed by atoms with Crippen LogP contribution >= 0.6 is 23.4 Å². The summed E-state index contributed by atoms with van der Waals surface area (Å²) in [6.45, 7) is 2.86. The molecule has 16 heavy (non-hydrogen) atoms. The maximum Gasteiger partial charge on any atom is 0.300 e. The highest BCUT2D eigenvalue weighted by Gasteiger charge is 1.97. The number of aliphatic hydroxyl groups is 1. The summed E-state index contributed by atoms with van der Waals surface area (Å²) in [6.07, 6.45) is -0.259. The quantitative estimate of drug-likeness (QED) is 0.823. The van der Waals surface area contributed by atoms with Gasteiger partial charge in [-0.05, 0) is 31.2 Å². The minimum absolute atomic E-state index is 0.259. The molecule has 1 aromatic carbocycles. The van der Waals surface area contributed by atoms with Crippen LogP contribution < -0.4 is 0 Å². The maximum absolute atomic E-state index is 9.02. The predicted octanol–water partition coefficient (Wildman–Crippen LogP) is 2.90. The summed E-state index contributed by atoms with van der Waals surface area (Å²) in [6, 6.07) is 7.61. The Bertz CT molecular complexity index is 308. The van der Waals surface area contributed by atoms with Crippen molar-refractivity contribution in [3.05, 3.63) is 29.3 Å². The van der Waals surface area contributed by atoms with Crippen LogP contribution in [-0.4, -0.2) is 28.0 Å². The van der Waals surface area contributed by atoms with Gasteiger partial charge in [0.05, 0.1) is 6.10 Å². The summed E-state index contributed by atoms with van der Waals surface area (Å²) in [4.78, 5) is 10.1. The van der Waals surface area contributed by atoms with E-state index < -0.39 is 5.97 Å². The molecule has 0 aliphatic rings. The van der Waals surface area contributed by atoms with Crippen LogP contribution in [0.4, 0.5) is 0 Å². The van der Waals surface area contributed by atoms with Crippen molar-refractivity contribution in [3.8, 4) is 0 Å². The molecule has 0 saturated heterocycles. The number of hydrogen-bond donors (Lipinski definition) is 2. The highest BCUT2D eigenvalue weighted by molar-refractivity contribution is 7.99. The van der Waals surface area contributed by atoms with Gasteiger partial charge in [0.2, 0.25) is 0 Å². The SMILES string of the molecule is CC(=O)O.CC(O)CSc1ccc(Cl)cc1. The second-order valence-corrected chi connectivity index (χ2v) is 4.66. The summed E-state index contributed by atoms with van der Waals surface area (Å²) >= 11 is 7.34. The number of hydrogen-bond acceptors (Lipinski definition) is 3. The first-order chi connectivity index (χ1) is 7.41. The Hall–Kier alpha value is -0.710. The van der Waals surface area contributed by atoms with Gasteiger partial charge in [0.15, 0.2) is 0 Å². The van der Waals surface area contributed by atoms with Gasteiger partial charge in [-0.25, -0.2) is 0 Å². The molecule has 0 amide bonds. The molecule has 90 valence electrons. The molecule has 0 aliphatic carbocycles. The van der Waals surface area contributed by atoms with E-state index in [1.807, 2.05) is 24.3 Å². The number of carboxylic acids is 1. The Balaban J connectivity index is 0.000000487. The number of benzene rings is 1. The van der Waals surface area contributed by atoms with Gasteiger partial charge in [-0.1, -0.05) is 11.6 Å². The lowest BCUT2D eigenvalue weighted by Crippen LogP contribution is -2.01. The van der Waals surface area contributed by atoms with Gasteiger partial charge in [-0.3, -0.25) is 4.79 Å². The van der Waals surface area contributed by atoms with E-state index in [-0.39, 0.29) is 6.10 Å². The lowest BCUT2D eigenvalue weighted by Gasteiger charge is -2.03. The van der Waals surface area contributed by atoms with Gasteiger partial charge in [-0.15, -0.1) is 11.8 Å². The Morgan fingerprint density at radius 2 is 1.88 bits per heavy atom. The Morgan fingerprint density at radius 3 is 2.25 bits per heavy atom. The van der Waals surface area contributed by atoms with Gasteiger partial charge < -0.3 is 10.2 Å². The third-order valence-corrected chi connectivity index (χ3v) is 2.81. The van der Waals surface area contributed by atoms with E-state index >= 15 is 0 Å². The zero-order chi connectivity index (χ0) is 12.6. The van der Waals surface area contributed by atoms with Crippen molar-refractivity contribution >= 4 is 29.3 Å². The van der Waals surface area contributed by atoms with Crippen LogP contribution in [0.5, 0.6) is 0 Å². The molecule has 0 bridgehead atoms. The number of carbonyl (C=O) groups is 1. The lowest BCUT2D eigenvalue weighted by atomic mass is 10.4. The van der Waals surface area contributed by atoms with Crippen molar-refractivity contribution in [3.63, 3.8) is 0 Å². The van der Waals surface area contributed by atoms with Crippen molar-refractivity contribution in [1.82, 2.24) is 0 Å². The third kappa shape index (κ3) is 9.83. The Morgan fingerprint density at radius 1 is 1.44 bits per heavy atom. The zero-order valence-corrected chi connectivity index (χ0v) is 10.8. The van der Waals surface area contributed by atoms with Gasteiger partial charge in [0.25, 0.3) is 5.97 Å². The minimum Gasteiger partial charge on any atom is -0.481 e. The van der Waals surface area contributed by atoms with Crippen molar-refractivity contribution < 1.29 is 15.0 Å². The molecule has 0 heterocycles. The average Bonchev–Trinajstić information content (AvgIpc) is 2.16. The average molecular weight is 263 g/mol. The van der Waals surface area contributed by atoms with Gasteiger partial charge in [0.1, 0.15) is 0 Å². The molecule has 0 saturated carbocycles.